The maximum atomic E-state index is 12.8. The number of amides is 8. The van der Waals surface area contributed by atoms with Crippen molar-refractivity contribution in [2.24, 2.45) is 5.92 Å². The summed E-state index contributed by atoms with van der Waals surface area (Å²) in [5, 5.41) is 10.1. The number of pyridine rings is 5. The second-order valence-corrected chi connectivity index (χ2v) is 35.1. The lowest BCUT2D eigenvalue weighted by Crippen LogP contribution is -2.37. The van der Waals surface area contributed by atoms with Crippen LogP contribution in [-0.2, 0) is 4.74 Å². The van der Waals surface area contributed by atoms with Gasteiger partial charge in [-0.05, 0) is 266 Å². The minimum Gasteiger partial charge on any atom is -0.497 e. The van der Waals surface area contributed by atoms with E-state index in [4.69, 9.17) is 14.2 Å². The van der Waals surface area contributed by atoms with Crippen molar-refractivity contribution in [3.8, 4) is 39.9 Å². The average Bonchev–Trinajstić information content (AvgIpc) is 1.65. The number of hydrogen-bond donors (Lipinski definition) is 2. The van der Waals surface area contributed by atoms with Crippen LogP contribution in [0.3, 0.4) is 0 Å². The zero-order valence-corrected chi connectivity index (χ0v) is 78.2. The summed E-state index contributed by atoms with van der Waals surface area (Å²) in [5.74, 6) is 2.42. The quantitative estimate of drug-likeness (QED) is 0.0754. The third kappa shape index (κ3) is 22.0. The van der Waals surface area contributed by atoms with E-state index in [1.165, 1.54) is 25.7 Å². The fraction of sp³-hybridized carbons (Fsp3) is 0.318. The average molecular weight is 1830 g/mol. The molecule has 0 spiro atoms. The Morgan fingerprint density at radius 3 is 0.926 bits per heavy atom. The molecule has 0 unspecified atom stereocenters. The molecule has 5 aliphatic heterocycles. The van der Waals surface area contributed by atoms with Crippen LogP contribution in [0.4, 0.5) is 0 Å². The van der Waals surface area contributed by atoms with Gasteiger partial charge in [0.05, 0.1) is 54.3 Å². The van der Waals surface area contributed by atoms with E-state index in [2.05, 4.69) is 42.5 Å². The van der Waals surface area contributed by atoms with Gasteiger partial charge in [0, 0.05) is 235 Å². The van der Waals surface area contributed by atoms with Gasteiger partial charge in [-0.25, -0.2) is 24.9 Å². The highest BCUT2D eigenvalue weighted by atomic mass is 16.5. The van der Waals surface area contributed by atoms with E-state index >= 15 is 0 Å². The smallest absolute Gasteiger partial charge is 0.255 e. The van der Waals surface area contributed by atoms with Crippen LogP contribution < -0.4 is 20.1 Å². The summed E-state index contributed by atoms with van der Waals surface area (Å²) in [5.41, 5.74) is 13.9. The van der Waals surface area contributed by atoms with E-state index < -0.39 is 0 Å². The number of piperidine rings is 5. The molecule has 5 aromatic carbocycles. The molecule has 10 aromatic heterocycles. The number of carbonyl (C=O) groups excluding carboxylic acids is 8. The predicted octanol–water partition coefficient (Wildman–Crippen LogP) is 17.0. The molecule has 700 valence electrons. The first-order chi connectivity index (χ1) is 66.3. The van der Waals surface area contributed by atoms with Crippen LogP contribution in [0.25, 0.3) is 83.6 Å². The topological polar surface area (TPSA) is 297 Å². The Bertz CT molecular complexity index is 6740. The number of likely N-dealkylation sites (tertiary alicyclic amines) is 5. The number of nitrogens with zero attached hydrogens (tertiary/aromatic N) is 16. The number of fused-ring (bicyclic) bond motifs is 5. The molecule has 5 saturated heterocycles. The molecule has 0 bridgehead atoms. The number of hydrogen-bond acceptors (Lipinski definition) is 16. The third-order valence-electron chi connectivity index (χ3n) is 25.6. The molecule has 0 saturated carbocycles. The lowest BCUT2D eigenvalue weighted by atomic mass is 9.99. The van der Waals surface area contributed by atoms with Gasteiger partial charge in [-0.2, -0.15) is 0 Å². The minimum atomic E-state index is -0.130. The largest absolute Gasteiger partial charge is 0.497 e. The first-order valence-electron chi connectivity index (χ1n) is 46.9. The lowest BCUT2D eigenvalue weighted by Gasteiger charge is -2.30. The fourth-order valence-corrected chi connectivity index (χ4v) is 17.8. The van der Waals surface area contributed by atoms with E-state index in [1.807, 2.05) is 236 Å². The highest BCUT2D eigenvalue weighted by Crippen LogP contribution is 2.31. The summed E-state index contributed by atoms with van der Waals surface area (Å²) in [6.07, 6.45) is 33.7. The van der Waals surface area contributed by atoms with E-state index in [9.17, 15) is 38.4 Å². The number of benzene rings is 5. The van der Waals surface area contributed by atoms with Gasteiger partial charge in [0.1, 0.15) is 39.7 Å². The van der Waals surface area contributed by atoms with Crippen LogP contribution >= 0.6 is 0 Å². The van der Waals surface area contributed by atoms with Crippen molar-refractivity contribution in [2.75, 3.05) is 121 Å². The van der Waals surface area contributed by atoms with Crippen LogP contribution in [0, 0.1) is 5.92 Å². The van der Waals surface area contributed by atoms with Crippen molar-refractivity contribution < 1.29 is 52.6 Å². The zero-order chi connectivity index (χ0) is 94.7. The summed E-state index contributed by atoms with van der Waals surface area (Å²) in [6.45, 7) is 11.5. The Hall–Kier alpha value is -15.1. The number of ether oxygens (including phenoxy) is 3. The van der Waals surface area contributed by atoms with E-state index in [1.54, 1.807) is 103 Å². The number of nitrogens with one attached hydrogen (secondary N) is 2. The van der Waals surface area contributed by atoms with Crippen molar-refractivity contribution >= 4 is 102 Å². The van der Waals surface area contributed by atoms with Gasteiger partial charge >= 0.3 is 0 Å². The summed E-state index contributed by atoms with van der Waals surface area (Å²) in [7, 11) is 10.0. The minimum absolute atomic E-state index is 0.0251. The number of methoxy groups -OCH3 is 3. The standard InChI is InChI=1S/C23H26N4O3.C22H24N4O2.C21H22N4O2.C21H23N3O2.C20H21N3O2/c1-30-14-10-24-22(28)17-5-7-20(8-6-17)27-13-9-18-15-19(16-25-21(18)27)23(29)26-11-3-2-4-12-26;1-24(2)21(27)16-6-8-19(9-7-16)26-13-10-17-14-18(15-23-20(17)26)22(28)25-11-4-3-5-12-25;1-22-20(26)15-5-7-18(8-6-15)25-12-9-16-13-17(14-23-19(16)25)21(27)24-10-3-2-4-11-24;1-15-7-10-23(11-8-15)21(25)17-13-16-9-12-24(20(16)22-14-17)18-3-5-19(26-2)6-4-18;1-25-18-7-5-6-17(13-18)23-11-8-15-12-16(14-21-19(15)23)20(24)22-9-3-2-4-10-22/h5-9,13,15-16H,2-4,10-12,14H2,1H3,(H,24,28);6-10,13-15H,3-5,11-12H2,1-2H3;5-9,12-14H,2-4,10-11H2,1H3,(H,22,26);3-6,9,12-15H,7-8,10-11H2,1-2H3;5-8,11-14H,2-4,9-10H2,1H3. The molecule has 20 rings (SSSR count). The van der Waals surface area contributed by atoms with Gasteiger partial charge in [0.25, 0.3) is 47.3 Å². The molecule has 5 aliphatic rings. The van der Waals surface area contributed by atoms with Gasteiger partial charge in [-0.1, -0.05) is 13.0 Å². The lowest BCUT2D eigenvalue weighted by molar-refractivity contribution is 0.0692. The van der Waals surface area contributed by atoms with Crippen molar-refractivity contribution in [1.29, 1.82) is 0 Å². The predicted molar refractivity (Wildman–Crippen MR) is 527 cm³/mol. The maximum absolute atomic E-state index is 12.8. The van der Waals surface area contributed by atoms with E-state index in [0.29, 0.717) is 63.6 Å². The molecule has 136 heavy (non-hydrogen) atoms. The zero-order valence-electron chi connectivity index (χ0n) is 78.2. The summed E-state index contributed by atoms with van der Waals surface area (Å²) in [4.78, 5) is 133. The van der Waals surface area contributed by atoms with E-state index in [0.717, 1.165) is 225 Å². The molecule has 5 fully saturated rings. The molecule has 0 aliphatic carbocycles. The normalized spacial score (nSPS) is 14.5. The van der Waals surface area contributed by atoms with Crippen LogP contribution in [0.1, 0.15) is 180 Å². The number of aromatic nitrogens is 10. The monoisotopic (exact) mass is 1830 g/mol. The Morgan fingerprint density at radius 1 is 0.331 bits per heavy atom. The Morgan fingerprint density at radius 2 is 0.625 bits per heavy atom. The van der Waals surface area contributed by atoms with E-state index in [-0.39, 0.29) is 47.3 Å². The fourth-order valence-electron chi connectivity index (χ4n) is 17.8. The molecular formula is C107H116N18O11. The molecule has 15 aromatic rings. The maximum Gasteiger partial charge on any atom is 0.255 e. The van der Waals surface area contributed by atoms with Crippen molar-refractivity contribution in [2.45, 2.75) is 96.8 Å². The first-order valence-corrected chi connectivity index (χ1v) is 46.9. The van der Waals surface area contributed by atoms with Crippen LogP contribution in [0.15, 0.2) is 244 Å². The highest BCUT2D eigenvalue weighted by molar-refractivity contribution is 6.02. The van der Waals surface area contributed by atoms with Crippen molar-refractivity contribution in [3.05, 3.63) is 288 Å². The molecule has 8 amide bonds. The summed E-state index contributed by atoms with van der Waals surface area (Å²) < 4.78 is 25.4. The van der Waals surface area contributed by atoms with Crippen molar-refractivity contribution in [1.82, 2.24) is 87.8 Å². The van der Waals surface area contributed by atoms with Crippen LogP contribution in [-0.4, -0.2) is 245 Å². The summed E-state index contributed by atoms with van der Waals surface area (Å²) in [6, 6.07) is 57.3. The Balaban J connectivity index is 0.000000123. The van der Waals surface area contributed by atoms with Gasteiger partial charge in [0.15, 0.2) is 0 Å². The second kappa shape index (κ2) is 44.1. The van der Waals surface area contributed by atoms with Crippen LogP contribution in [0.5, 0.6) is 11.5 Å². The van der Waals surface area contributed by atoms with Gasteiger partial charge in [-0.3, -0.25) is 38.4 Å². The number of carbonyl (C=O) groups is 8. The SMILES string of the molecule is CN(C)C(=O)c1ccc(-n2ccc3cc(C(=O)N4CCCCC4)cnc32)cc1.CNC(=O)c1ccc(-n2ccc3cc(C(=O)N4CCCCC4)cnc32)cc1.COCCNC(=O)c1ccc(-n2ccc3cc(C(=O)N4CCCCC4)cnc32)cc1.COc1ccc(-n2ccc3cc(C(=O)N4CCC(C)CC4)cnc32)cc1.COc1cccc(-n2ccc3cc(C(=O)N4CCCCC4)cnc32)c1. The molecule has 0 atom stereocenters. The second-order valence-electron chi connectivity index (χ2n) is 35.1. The molecule has 29 heteroatoms. The molecule has 29 nitrogen and oxygen atoms in total. The van der Waals surface area contributed by atoms with Crippen LogP contribution in [0.2, 0.25) is 0 Å². The Labute approximate surface area is 790 Å². The first kappa shape index (κ1) is 94.1. The third-order valence-corrected chi connectivity index (χ3v) is 25.6. The molecule has 2 N–H and O–H groups in total. The molecular weight excluding hydrogens is 1710 g/mol. The highest BCUT2D eigenvalue weighted by Gasteiger charge is 2.28. The number of rotatable bonds is 18. The van der Waals surface area contributed by atoms with Gasteiger partial charge in [-0.15, -0.1) is 0 Å². The Kier molecular flexibility index (Phi) is 30.5. The molecule has 0 radical (unpaired) electrons. The van der Waals surface area contributed by atoms with Gasteiger partial charge in [0.2, 0.25) is 0 Å². The summed E-state index contributed by atoms with van der Waals surface area (Å²) >= 11 is 0. The van der Waals surface area contributed by atoms with Gasteiger partial charge < -0.3 is 77.1 Å². The van der Waals surface area contributed by atoms with Crippen molar-refractivity contribution in [3.63, 3.8) is 0 Å². The molecule has 15 heterocycles.